The number of thiazole rings is 1. The van der Waals surface area contributed by atoms with Crippen LogP contribution in [0.25, 0.3) is 10.2 Å². The van der Waals surface area contributed by atoms with E-state index in [1.165, 1.54) is 12.1 Å². The normalized spacial score (nSPS) is 11.2. The number of rotatable bonds is 4. The predicted octanol–water partition coefficient (Wildman–Crippen LogP) is 2.41. The van der Waals surface area contributed by atoms with Crippen LogP contribution in [-0.2, 0) is 0 Å². The van der Waals surface area contributed by atoms with Gasteiger partial charge in [0.1, 0.15) is 5.82 Å². The molecule has 3 nitrogen and oxygen atoms in total. The molecule has 0 aliphatic heterocycles. The maximum absolute atomic E-state index is 12.9. The molecule has 16 heavy (non-hydrogen) atoms. The van der Waals surface area contributed by atoms with Crippen LogP contribution >= 0.6 is 11.3 Å². The zero-order chi connectivity index (χ0) is 11.5. The van der Waals surface area contributed by atoms with Crippen LogP contribution in [0.3, 0.4) is 0 Å². The van der Waals surface area contributed by atoms with Crippen LogP contribution in [0.5, 0.6) is 0 Å². The number of likely N-dealkylation sites (N-methyl/N-ethyl adjacent to an activating group) is 1. The van der Waals surface area contributed by atoms with Crippen LogP contribution < -0.4 is 5.32 Å². The van der Waals surface area contributed by atoms with Crippen LogP contribution in [0.15, 0.2) is 18.2 Å². The number of anilines is 1. The molecule has 2 aromatic rings. The highest BCUT2D eigenvalue weighted by molar-refractivity contribution is 7.22. The van der Waals surface area contributed by atoms with Gasteiger partial charge in [-0.3, -0.25) is 0 Å². The lowest BCUT2D eigenvalue weighted by atomic mass is 10.3. The number of nitrogens with one attached hydrogen (secondary N) is 1. The largest absolute Gasteiger partial charge is 0.360 e. The van der Waals surface area contributed by atoms with Gasteiger partial charge in [-0.25, -0.2) is 9.37 Å². The van der Waals surface area contributed by atoms with Crippen LogP contribution in [-0.4, -0.2) is 37.1 Å². The van der Waals surface area contributed by atoms with Gasteiger partial charge in [-0.15, -0.1) is 0 Å². The Bertz CT molecular complexity index is 481. The number of nitrogens with zero attached hydrogens (tertiary/aromatic N) is 2. The molecule has 0 bridgehead atoms. The van der Waals surface area contributed by atoms with Gasteiger partial charge in [0.25, 0.3) is 0 Å². The Morgan fingerprint density at radius 1 is 1.44 bits per heavy atom. The third-order valence-corrected chi connectivity index (χ3v) is 3.18. The molecular formula is C11H14FN3S. The van der Waals surface area contributed by atoms with Crippen molar-refractivity contribution in [1.82, 2.24) is 9.88 Å². The first-order valence-electron chi connectivity index (χ1n) is 5.10. The summed E-state index contributed by atoms with van der Waals surface area (Å²) in [7, 11) is 4.05. The quantitative estimate of drug-likeness (QED) is 0.888. The fraction of sp³-hybridized carbons (Fsp3) is 0.364. The van der Waals surface area contributed by atoms with E-state index in [2.05, 4.69) is 15.2 Å². The minimum absolute atomic E-state index is 0.238. The van der Waals surface area contributed by atoms with Crippen molar-refractivity contribution >= 4 is 26.7 Å². The molecule has 0 saturated carbocycles. The van der Waals surface area contributed by atoms with Crippen molar-refractivity contribution in [3.8, 4) is 0 Å². The van der Waals surface area contributed by atoms with E-state index in [1.54, 1.807) is 17.4 Å². The van der Waals surface area contributed by atoms with Crippen molar-refractivity contribution in [2.45, 2.75) is 0 Å². The van der Waals surface area contributed by atoms with Crippen molar-refractivity contribution in [2.24, 2.45) is 0 Å². The summed E-state index contributed by atoms with van der Waals surface area (Å²) in [4.78, 5) is 6.42. The van der Waals surface area contributed by atoms with E-state index in [4.69, 9.17) is 0 Å². The standard InChI is InChI=1S/C11H14FN3S/c1-15(2)6-5-13-11-14-9-7-8(12)3-4-10(9)16-11/h3-4,7H,5-6H2,1-2H3,(H,13,14). The summed E-state index contributed by atoms with van der Waals surface area (Å²) in [6.07, 6.45) is 0. The van der Waals surface area contributed by atoms with Crippen LogP contribution in [0.2, 0.25) is 0 Å². The summed E-state index contributed by atoms with van der Waals surface area (Å²) >= 11 is 1.55. The predicted molar refractivity (Wildman–Crippen MR) is 66.6 cm³/mol. The first kappa shape index (κ1) is 11.3. The average molecular weight is 239 g/mol. The minimum atomic E-state index is -0.238. The molecule has 0 atom stereocenters. The van der Waals surface area contributed by atoms with E-state index < -0.39 is 0 Å². The van der Waals surface area contributed by atoms with E-state index in [9.17, 15) is 4.39 Å². The van der Waals surface area contributed by atoms with Gasteiger partial charge in [0.05, 0.1) is 10.2 Å². The number of halogens is 1. The summed E-state index contributed by atoms with van der Waals surface area (Å²) in [5, 5.41) is 4.08. The molecule has 1 N–H and O–H groups in total. The highest BCUT2D eigenvalue weighted by Crippen LogP contribution is 2.25. The molecule has 0 unspecified atom stereocenters. The molecule has 0 spiro atoms. The summed E-state index contributed by atoms with van der Waals surface area (Å²) in [5.41, 5.74) is 0.720. The monoisotopic (exact) mass is 239 g/mol. The molecule has 1 aromatic carbocycles. The fourth-order valence-corrected chi connectivity index (χ4v) is 2.23. The molecule has 0 fully saturated rings. The van der Waals surface area contributed by atoms with E-state index >= 15 is 0 Å². The second-order valence-electron chi connectivity index (χ2n) is 3.86. The van der Waals surface area contributed by atoms with Gasteiger partial charge in [0, 0.05) is 19.2 Å². The van der Waals surface area contributed by atoms with Crippen molar-refractivity contribution in [2.75, 3.05) is 32.5 Å². The van der Waals surface area contributed by atoms with Gasteiger partial charge in [0.2, 0.25) is 0 Å². The summed E-state index contributed by atoms with van der Waals surface area (Å²) in [6, 6.07) is 4.69. The average Bonchev–Trinajstić information content (AvgIpc) is 2.58. The third-order valence-electron chi connectivity index (χ3n) is 2.18. The van der Waals surface area contributed by atoms with Gasteiger partial charge in [-0.2, -0.15) is 0 Å². The maximum Gasteiger partial charge on any atom is 0.183 e. The molecule has 86 valence electrons. The maximum atomic E-state index is 12.9. The molecule has 0 aliphatic carbocycles. The Morgan fingerprint density at radius 3 is 3.00 bits per heavy atom. The lowest BCUT2D eigenvalue weighted by Crippen LogP contribution is -2.20. The van der Waals surface area contributed by atoms with Gasteiger partial charge in [-0.05, 0) is 26.2 Å². The van der Waals surface area contributed by atoms with Crippen molar-refractivity contribution < 1.29 is 4.39 Å². The topological polar surface area (TPSA) is 28.2 Å². The Labute approximate surface area is 97.9 Å². The first-order chi connectivity index (χ1) is 7.65. The molecule has 2 rings (SSSR count). The molecule has 0 saturated heterocycles. The number of aromatic nitrogens is 1. The number of hydrogen-bond donors (Lipinski definition) is 1. The Hall–Kier alpha value is -1.20. The van der Waals surface area contributed by atoms with E-state index in [-0.39, 0.29) is 5.82 Å². The van der Waals surface area contributed by atoms with Crippen molar-refractivity contribution in [3.05, 3.63) is 24.0 Å². The van der Waals surface area contributed by atoms with Gasteiger partial charge in [0.15, 0.2) is 5.13 Å². The molecule has 1 heterocycles. The van der Waals surface area contributed by atoms with Crippen LogP contribution in [0.1, 0.15) is 0 Å². The highest BCUT2D eigenvalue weighted by Gasteiger charge is 2.04. The summed E-state index contributed by atoms with van der Waals surface area (Å²) < 4.78 is 13.9. The lowest BCUT2D eigenvalue weighted by Gasteiger charge is -2.08. The molecule has 0 radical (unpaired) electrons. The highest BCUT2D eigenvalue weighted by atomic mass is 32.1. The number of fused-ring (bicyclic) bond motifs is 1. The van der Waals surface area contributed by atoms with E-state index in [1.807, 2.05) is 14.1 Å². The Balaban J connectivity index is 2.08. The van der Waals surface area contributed by atoms with Gasteiger partial charge in [-0.1, -0.05) is 11.3 Å². The smallest absolute Gasteiger partial charge is 0.183 e. The van der Waals surface area contributed by atoms with Crippen LogP contribution in [0, 0.1) is 5.82 Å². The lowest BCUT2D eigenvalue weighted by molar-refractivity contribution is 0.425. The van der Waals surface area contributed by atoms with E-state index in [0.717, 1.165) is 28.4 Å². The van der Waals surface area contributed by atoms with E-state index in [0.29, 0.717) is 0 Å². The zero-order valence-corrected chi connectivity index (χ0v) is 10.1. The molecule has 0 aliphatic rings. The molecular weight excluding hydrogens is 225 g/mol. The summed E-state index contributed by atoms with van der Waals surface area (Å²) in [6.45, 7) is 1.79. The SMILES string of the molecule is CN(C)CCNc1nc2cc(F)ccc2s1. The van der Waals surface area contributed by atoms with Crippen LogP contribution in [0.4, 0.5) is 9.52 Å². The third kappa shape index (κ3) is 2.68. The summed E-state index contributed by atoms with van der Waals surface area (Å²) in [5.74, 6) is -0.238. The van der Waals surface area contributed by atoms with Crippen molar-refractivity contribution in [1.29, 1.82) is 0 Å². The minimum Gasteiger partial charge on any atom is -0.360 e. The van der Waals surface area contributed by atoms with Gasteiger partial charge < -0.3 is 10.2 Å². The fourth-order valence-electron chi connectivity index (χ4n) is 1.36. The van der Waals surface area contributed by atoms with Gasteiger partial charge >= 0.3 is 0 Å². The molecule has 0 amide bonds. The molecule has 5 heteroatoms. The van der Waals surface area contributed by atoms with Crippen molar-refractivity contribution in [3.63, 3.8) is 0 Å². The zero-order valence-electron chi connectivity index (χ0n) is 9.33. The Morgan fingerprint density at radius 2 is 2.25 bits per heavy atom. The first-order valence-corrected chi connectivity index (χ1v) is 5.91. The second kappa shape index (κ2) is 4.76. The molecule has 1 aromatic heterocycles. The number of benzene rings is 1. The Kier molecular flexibility index (Phi) is 3.36. The number of hydrogen-bond acceptors (Lipinski definition) is 4. The second-order valence-corrected chi connectivity index (χ2v) is 4.89.